The van der Waals surface area contributed by atoms with E-state index in [-0.39, 0.29) is 11.9 Å². The molecule has 1 aromatic carbocycles. The van der Waals surface area contributed by atoms with Gasteiger partial charge >= 0.3 is 0 Å². The molecule has 1 atom stereocenters. The van der Waals surface area contributed by atoms with Crippen LogP contribution in [0.3, 0.4) is 0 Å². The number of rotatable bonds is 4. The van der Waals surface area contributed by atoms with Crippen LogP contribution in [-0.4, -0.2) is 7.05 Å². The van der Waals surface area contributed by atoms with Crippen molar-refractivity contribution in [2.75, 3.05) is 7.05 Å². The van der Waals surface area contributed by atoms with E-state index in [1.165, 1.54) is 23.5 Å². The lowest BCUT2D eigenvalue weighted by Gasteiger charge is -2.16. The minimum absolute atomic E-state index is 0.0398. The van der Waals surface area contributed by atoms with Crippen LogP contribution < -0.4 is 5.32 Å². The van der Waals surface area contributed by atoms with Crippen LogP contribution in [0.1, 0.15) is 17.2 Å². The zero-order valence-electron chi connectivity index (χ0n) is 10.0. The summed E-state index contributed by atoms with van der Waals surface area (Å²) in [7, 11) is 1.87. The highest BCUT2D eigenvalue weighted by molar-refractivity contribution is 9.10. The average molecular weight is 383 g/mol. The standard InChI is InChI=1S/C13H11BrCl2FNS/c1-18-11(9-6-12(15)19-13(9)16)4-7-2-3-8(17)5-10(7)14/h2-3,5-6,11,18H,4H2,1H3. The first-order valence-corrected chi connectivity index (χ1v) is 7.93. The Labute approximate surface area is 133 Å². The van der Waals surface area contributed by atoms with Crippen LogP contribution >= 0.6 is 50.5 Å². The highest BCUT2D eigenvalue weighted by Gasteiger charge is 2.17. The predicted molar refractivity (Wildman–Crippen MR) is 83.9 cm³/mol. The van der Waals surface area contributed by atoms with Gasteiger partial charge < -0.3 is 5.32 Å². The van der Waals surface area contributed by atoms with Crippen LogP contribution in [0.5, 0.6) is 0 Å². The van der Waals surface area contributed by atoms with Gasteiger partial charge in [-0.3, -0.25) is 0 Å². The molecule has 0 saturated heterocycles. The molecule has 1 N–H and O–H groups in total. The van der Waals surface area contributed by atoms with E-state index >= 15 is 0 Å². The maximum atomic E-state index is 13.1. The molecular weight excluding hydrogens is 372 g/mol. The second-order valence-electron chi connectivity index (χ2n) is 4.06. The van der Waals surface area contributed by atoms with Crippen molar-refractivity contribution in [1.82, 2.24) is 5.32 Å². The van der Waals surface area contributed by atoms with Gasteiger partial charge in [0.2, 0.25) is 0 Å². The molecule has 19 heavy (non-hydrogen) atoms. The quantitative estimate of drug-likeness (QED) is 0.740. The summed E-state index contributed by atoms with van der Waals surface area (Å²) in [6.07, 6.45) is 0.699. The van der Waals surface area contributed by atoms with E-state index in [0.29, 0.717) is 15.1 Å². The lowest BCUT2D eigenvalue weighted by Crippen LogP contribution is -2.18. The lowest BCUT2D eigenvalue weighted by atomic mass is 10.0. The van der Waals surface area contributed by atoms with Crippen molar-refractivity contribution in [2.24, 2.45) is 0 Å². The topological polar surface area (TPSA) is 12.0 Å². The molecular formula is C13H11BrCl2FNS. The molecule has 2 aromatic rings. The Balaban J connectivity index is 2.26. The molecule has 0 aliphatic rings. The average Bonchev–Trinajstić information content (AvgIpc) is 2.68. The number of hydrogen-bond donors (Lipinski definition) is 1. The molecule has 1 unspecified atom stereocenters. The molecule has 102 valence electrons. The van der Waals surface area contributed by atoms with Gasteiger partial charge in [0, 0.05) is 16.1 Å². The zero-order chi connectivity index (χ0) is 14.0. The maximum absolute atomic E-state index is 13.1. The predicted octanol–water partition coefficient (Wildman–Crippen LogP) is 5.46. The molecule has 0 aliphatic heterocycles. The summed E-state index contributed by atoms with van der Waals surface area (Å²) in [6.45, 7) is 0. The van der Waals surface area contributed by atoms with Crippen LogP contribution in [0, 0.1) is 5.82 Å². The lowest BCUT2D eigenvalue weighted by molar-refractivity contribution is 0.589. The van der Waals surface area contributed by atoms with E-state index in [9.17, 15) is 4.39 Å². The first-order chi connectivity index (χ1) is 9.01. The molecule has 0 spiro atoms. The van der Waals surface area contributed by atoms with Crippen molar-refractivity contribution in [3.63, 3.8) is 0 Å². The molecule has 0 amide bonds. The third kappa shape index (κ3) is 3.70. The summed E-state index contributed by atoms with van der Waals surface area (Å²) in [5.74, 6) is -0.256. The van der Waals surface area contributed by atoms with Crippen LogP contribution in [0.25, 0.3) is 0 Å². The van der Waals surface area contributed by atoms with Gasteiger partial charge in [-0.2, -0.15) is 0 Å². The van der Waals surface area contributed by atoms with Gasteiger partial charge in [-0.25, -0.2) is 4.39 Å². The number of nitrogens with one attached hydrogen (secondary N) is 1. The highest BCUT2D eigenvalue weighted by atomic mass is 79.9. The first-order valence-electron chi connectivity index (χ1n) is 5.57. The van der Waals surface area contributed by atoms with Crippen LogP contribution in [0.4, 0.5) is 4.39 Å². The number of benzene rings is 1. The van der Waals surface area contributed by atoms with E-state index < -0.39 is 0 Å². The second kappa shape index (κ2) is 6.55. The fourth-order valence-corrected chi connectivity index (χ4v) is 3.96. The van der Waals surface area contributed by atoms with Gasteiger partial charge in [-0.05, 0) is 37.2 Å². The van der Waals surface area contributed by atoms with Crippen molar-refractivity contribution >= 4 is 50.5 Å². The Morgan fingerprint density at radius 3 is 2.63 bits per heavy atom. The van der Waals surface area contributed by atoms with E-state index in [1.54, 1.807) is 6.07 Å². The van der Waals surface area contributed by atoms with Crippen molar-refractivity contribution < 1.29 is 4.39 Å². The Bertz CT molecular complexity index is 588. The Hall–Kier alpha value is -0.130. The third-order valence-electron chi connectivity index (χ3n) is 2.85. The molecule has 0 fully saturated rings. The fraction of sp³-hybridized carbons (Fsp3) is 0.231. The van der Waals surface area contributed by atoms with Crippen LogP contribution in [0.15, 0.2) is 28.7 Å². The minimum atomic E-state index is -0.256. The Morgan fingerprint density at radius 1 is 1.37 bits per heavy atom. The molecule has 0 saturated carbocycles. The molecule has 6 heteroatoms. The van der Waals surface area contributed by atoms with Crippen molar-refractivity contribution in [2.45, 2.75) is 12.5 Å². The number of thiophene rings is 1. The van der Waals surface area contributed by atoms with Gasteiger partial charge in [0.15, 0.2) is 0 Å². The second-order valence-corrected chi connectivity index (χ2v) is 7.20. The van der Waals surface area contributed by atoms with Crippen molar-refractivity contribution in [3.8, 4) is 0 Å². The summed E-state index contributed by atoms with van der Waals surface area (Å²) in [5, 5.41) is 3.21. The molecule has 1 nitrogen and oxygen atoms in total. The highest BCUT2D eigenvalue weighted by Crippen LogP contribution is 2.36. The molecule has 2 rings (SSSR count). The van der Waals surface area contributed by atoms with E-state index in [0.717, 1.165) is 15.6 Å². The maximum Gasteiger partial charge on any atom is 0.124 e. The monoisotopic (exact) mass is 381 g/mol. The third-order valence-corrected chi connectivity index (χ3v) is 5.10. The van der Waals surface area contributed by atoms with Crippen molar-refractivity contribution in [3.05, 3.63) is 54.4 Å². The van der Waals surface area contributed by atoms with E-state index in [2.05, 4.69) is 21.2 Å². The number of hydrogen-bond acceptors (Lipinski definition) is 2. The Morgan fingerprint density at radius 2 is 2.11 bits per heavy atom. The van der Waals surface area contributed by atoms with Gasteiger partial charge in [-0.1, -0.05) is 45.2 Å². The molecule has 1 aromatic heterocycles. The van der Waals surface area contributed by atoms with Crippen LogP contribution in [0.2, 0.25) is 8.67 Å². The van der Waals surface area contributed by atoms with Crippen LogP contribution in [-0.2, 0) is 6.42 Å². The van der Waals surface area contributed by atoms with Gasteiger partial charge in [0.25, 0.3) is 0 Å². The molecule has 1 heterocycles. The molecule has 0 aliphatic carbocycles. The minimum Gasteiger partial charge on any atom is -0.313 e. The zero-order valence-corrected chi connectivity index (χ0v) is 13.9. The number of likely N-dealkylation sites (N-methyl/N-ethyl adjacent to an activating group) is 1. The summed E-state index contributed by atoms with van der Waals surface area (Å²) in [5.41, 5.74) is 1.98. The largest absolute Gasteiger partial charge is 0.313 e. The SMILES string of the molecule is CNC(Cc1ccc(F)cc1Br)c1cc(Cl)sc1Cl. The summed E-state index contributed by atoms with van der Waals surface area (Å²) < 4.78 is 15.2. The van der Waals surface area contributed by atoms with Gasteiger partial charge in [0.05, 0.1) is 8.67 Å². The summed E-state index contributed by atoms with van der Waals surface area (Å²) >= 11 is 16.9. The van der Waals surface area contributed by atoms with Crippen molar-refractivity contribution in [1.29, 1.82) is 0 Å². The molecule has 0 radical (unpaired) electrons. The Kier molecular flexibility index (Phi) is 5.26. The van der Waals surface area contributed by atoms with E-state index in [4.69, 9.17) is 23.2 Å². The summed E-state index contributed by atoms with van der Waals surface area (Å²) in [6, 6.07) is 6.59. The molecule has 0 bridgehead atoms. The normalized spacial score (nSPS) is 12.7. The van der Waals surface area contributed by atoms with Gasteiger partial charge in [-0.15, -0.1) is 11.3 Å². The smallest absolute Gasteiger partial charge is 0.124 e. The van der Waals surface area contributed by atoms with Gasteiger partial charge in [0.1, 0.15) is 5.82 Å². The summed E-state index contributed by atoms with van der Waals surface area (Å²) in [4.78, 5) is 0. The fourth-order valence-electron chi connectivity index (χ4n) is 1.87. The number of halogens is 4. The first kappa shape index (κ1) is 15.3. The van der Waals surface area contributed by atoms with E-state index in [1.807, 2.05) is 13.1 Å².